The van der Waals surface area contributed by atoms with Crippen molar-refractivity contribution >= 4 is 0 Å². The number of aromatic nitrogens is 2. The highest BCUT2D eigenvalue weighted by Gasteiger charge is 2.10. The highest BCUT2D eigenvalue weighted by molar-refractivity contribution is 4.79. The van der Waals surface area contributed by atoms with Crippen molar-refractivity contribution in [1.82, 2.24) is 4.57 Å². The summed E-state index contributed by atoms with van der Waals surface area (Å²) in [6.45, 7) is 6.44. The Labute approximate surface area is 131 Å². The Morgan fingerprint density at radius 3 is 2.10 bits per heavy atom. The Morgan fingerprint density at radius 1 is 0.952 bits per heavy atom. The zero-order valence-electron chi connectivity index (χ0n) is 14.2. The number of unbranched alkanes of at least 4 members (excludes halogenated alkanes) is 9. The maximum Gasteiger partial charge on any atom is 0.253 e. The van der Waals surface area contributed by atoms with Crippen LogP contribution >= 0.6 is 0 Å². The van der Waals surface area contributed by atoms with E-state index in [0.717, 1.165) is 6.54 Å². The second kappa shape index (κ2) is 11.8. The van der Waals surface area contributed by atoms with Crippen molar-refractivity contribution < 1.29 is 9.67 Å². The molecule has 0 saturated heterocycles. The SMILES string of the molecule is CCCCCCCCCCCC[n+]1ccn(CCO)c1C. The van der Waals surface area contributed by atoms with Gasteiger partial charge in [0.2, 0.25) is 0 Å². The summed E-state index contributed by atoms with van der Waals surface area (Å²) < 4.78 is 4.43. The molecule has 0 aliphatic carbocycles. The third-order valence-corrected chi connectivity index (χ3v) is 4.35. The lowest BCUT2D eigenvalue weighted by atomic mass is 10.1. The first-order valence-corrected chi connectivity index (χ1v) is 8.95. The smallest absolute Gasteiger partial charge is 0.253 e. The standard InChI is InChI=1S/C18H35N2O/c1-3-4-5-6-7-8-9-10-11-12-13-19-14-15-20(16-17-21)18(19)2/h14-15,21H,3-13,16-17H2,1-2H3/q+1. The van der Waals surface area contributed by atoms with Crippen LogP contribution in [-0.4, -0.2) is 16.3 Å². The highest BCUT2D eigenvalue weighted by Crippen LogP contribution is 2.10. The molecule has 0 unspecified atom stereocenters. The summed E-state index contributed by atoms with van der Waals surface area (Å²) in [5.41, 5.74) is 0. The molecule has 1 aromatic rings. The van der Waals surface area contributed by atoms with Gasteiger partial charge in [0.15, 0.2) is 0 Å². The van der Waals surface area contributed by atoms with Crippen LogP contribution in [0.3, 0.4) is 0 Å². The zero-order chi connectivity index (χ0) is 15.3. The Kier molecular flexibility index (Phi) is 10.2. The minimum atomic E-state index is 0.216. The molecule has 0 atom stereocenters. The maximum absolute atomic E-state index is 8.99. The summed E-state index contributed by atoms with van der Waals surface area (Å²) in [5, 5.41) is 8.99. The Balaban J connectivity index is 1.99. The topological polar surface area (TPSA) is 29.0 Å². The van der Waals surface area contributed by atoms with Crippen LogP contribution < -0.4 is 4.57 Å². The molecular formula is C18H35N2O+. The second-order valence-corrected chi connectivity index (χ2v) is 6.14. The minimum Gasteiger partial charge on any atom is -0.392 e. The van der Waals surface area contributed by atoms with E-state index in [1.54, 1.807) is 0 Å². The quantitative estimate of drug-likeness (QED) is 0.432. The fraction of sp³-hybridized carbons (Fsp3) is 0.833. The summed E-state index contributed by atoms with van der Waals surface area (Å²) in [6, 6.07) is 0. The van der Waals surface area contributed by atoms with Crippen molar-refractivity contribution in [2.75, 3.05) is 6.61 Å². The average Bonchev–Trinajstić information content (AvgIpc) is 2.83. The number of imidazole rings is 1. The fourth-order valence-electron chi connectivity index (χ4n) is 2.89. The molecule has 0 bridgehead atoms. The van der Waals surface area contributed by atoms with E-state index in [1.165, 1.54) is 70.0 Å². The molecular weight excluding hydrogens is 260 g/mol. The first-order chi connectivity index (χ1) is 10.3. The Hall–Kier alpha value is -0.830. The third kappa shape index (κ3) is 7.66. The van der Waals surface area contributed by atoms with Crippen molar-refractivity contribution in [3.8, 4) is 0 Å². The largest absolute Gasteiger partial charge is 0.392 e. The summed E-state index contributed by atoms with van der Waals surface area (Å²) >= 11 is 0. The van der Waals surface area contributed by atoms with E-state index >= 15 is 0 Å². The number of hydrogen-bond acceptors (Lipinski definition) is 1. The average molecular weight is 295 g/mol. The molecule has 3 heteroatoms. The monoisotopic (exact) mass is 295 g/mol. The van der Waals surface area contributed by atoms with Crippen molar-refractivity contribution in [3.05, 3.63) is 18.2 Å². The van der Waals surface area contributed by atoms with E-state index in [4.69, 9.17) is 5.11 Å². The van der Waals surface area contributed by atoms with Crippen molar-refractivity contribution in [3.63, 3.8) is 0 Å². The molecule has 0 fully saturated rings. The van der Waals surface area contributed by atoms with Crippen LogP contribution in [0.5, 0.6) is 0 Å². The highest BCUT2D eigenvalue weighted by atomic mass is 16.3. The van der Waals surface area contributed by atoms with Gasteiger partial charge in [-0.25, -0.2) is 9.13 Å². The number of aliphatic hydroxyl groups is 1. The summed E-state index contributed by atoms with van der Waals surface area (Å²) in [6.07, 6.45) is 18.1. The van der Waals surface area contributed by atoms with Gasteiger partial charge in [0.25, 0.3) is 5.82 Å². The first-order valence-electron chi connectivity index (χ1n) is 8.95. The lowest BCUT2D eigenvalue weighted by molar-refractivity contribution is -0.702. The van der Waals surface area contributed by atoms with Gasteiger partial charge in [0, 0.05) is 6.92 Å². The van der Waals surface area contributed by atoms with Crippen molar-refractivity contribution in [2.45, 2.75) is 91.1 Å². The molecule has 1 N–H and O–H groups in total. The fourth-order valence-corrected chi connectivity index (χ4v) is 2.89. The number of hydrogen-bond donors (Lipinski definition) is 1. The van der Waals surface area contributed by atoms with Gasteiger partial charge in [0.1, 0.15) is 18.9 Å². The van der Waals surface area contributed by atoms with E-state index in [9.17, 15) is 0 Å². The molecule has 1 heterocycles. The van der Waals surface area contributed by atoms with Gasteiger partial charge in [-0.2, -0.15) is 0 Å². The van der Waals surface area contributed by atoms with Crippen LogP contribution in [0.25, 0.3) is 0 Å². The Bertz CT molecular complexity index is 360. The van der Waals surface area contributed by atoms with Crippen LogP contribution in [0, 0.1) is 6.92 Å². The van der Waals surface area contributed by atoms with Crippen molar-refractivity contribution in [1.29, 1.82) is 0 Å². The normalized spacial score (nSPS) is 11.2. The molecule has 0 amide bonds. The van der Waals surface area contributed by atoms with E-state index < -0.39 is 0 Å². The van der Waals surface area contributed by atoms with Gasteiger partial charge >= 0.3 is 0 Å². The zero-order valence-corrected chi connectivity index (χ0v) is 14.2. The lowest BCUT2D eigenvalue weighted by Crippen LogP contribution is -2.35. The molecule has 0 aromatic carbocycles. The summed E-state index contributed by atoms with van der Waals surface area (Å²) in [7, 11) is 0. The molecule has 122 valence electrons. The first kappa shape index (κ1) is 18.2. The number of nitrogens with zero attached hydrogens (tertiary/aromatic N) is 2. The van der Waals surface area contributed by atoms with Gasteiger partial charge in [0.05, 0.1) is 13.2 Å². The van der Waals surface area contributed by atoms with E-state index in [1.807, 2.05) is 0 Å². The molecule has 0 aliphatic rings. The van der Waals surface area contributed by atoms with Crippen LogP contribution in [0.15, 0.2) is 12.4 Å². The van der Waals surface area contributed by atoms with Crippen LogP contribution in [0.2, 0.25) is 0 Å². The predicted molar refractivity (Wildman–Crippen MR) is 88.3 cm³/mol. The number of aliphatic hydroxyl groups excluding tert-OH is 1. The molecule has 3 nitrogen and oxygen atoms in total. The van der Waals surface area contributed by atoms with E-state index in [-0.39, 0.29) is 6.61 Å². The lowest BCUT2D eigenvalue weighted by Gasteiger charge is -2.02. The van der Waals surface area contributed by atoms with Gasteiger partial charge < -0.3 is 5.11 Å². The van der Waals surface area contributed by atoms with Gasteiger partial charge in [-0.1, -0.05) is 58.3 Å². The molecule has 0 spiro atoms. The van der Waals surface area contributed by atoms with Crippen LogP contribution in [0.1, 0.15) is 77.0 Å². The molecule has 1 rings (SSSR count). The molecule has 0 saturated carbocycles. The third-order valence-electron chi connectivity index (χ3n) is 4.35. The van der Waals surface area contributed by atoms with E-state index in [2.05, 4.69) is 35.4 Å². The molecule has 21 heavy (non-hydrogen) atoms. The molecule has 1 aromatic heterocycles. The summed E-state index contributed by atoms with van der Waals surface area (Å²) in [5.74, 6) is 1.25. The molecule has 0 radical (unpaired) electrons. The van der Waals surface area contributed by atoms with Gasteiger partial charge in [-0.05, 0) is 12.8 Å². The second-order valence-electron chi connectivity index (χ2n) is 6.14. The van der Waals surface area contributed by atoms with Gasteiger partial charge in [-0.3, -0.25) is 0 Å². The number of aryl methyl sites for hydroxylation is 1. The van der Waals surface area contributed by atoms with Crippen LogP contribution in [0.4, 0.5) is 0 Å². The maximum atomic E-state index is 8.99. The van der Waals surface area contributed by atoms with Crippen LogP contribution in [-0.2, 0) is 13.1 Å². The minimum absolute atomic E-state index is 0.216. The van der Waals surface area contributed by atoms with Crippen molar-refractivity contribution in [2.24, 2.45) is 0 Å². The molecule has 0 aliphatic heterocycles. The number of rotatable bonds is 13. The van der Waals surface area contributed by atoms with E-state index in [0.29, 0.717) is 6.54 Å². The van der Waals surface area contributed by atoms with Gasteiger partial charge in [-0.15, -0.1) is 0 Å². The predicted octanol–water partition coefficient (Wildman–Crippen LogP) is 4.00. The Morgan fingerprint density at radius 2 is 1.52 bits per heavy atom. The summed E-state index contributed by atoms with van der Waals surface area (Å²) in [4.78, 5) is 0.